The number of fused-ring (bicyclic) bond motifs is 1. The minimum atomic E-state index is 0.0738. The van der Waals surface area contributed by atoms with E-state index in [1.807, 2.05) is 4.90 Å². The van der Waals surface area contributed by atoms with Crippen LogP contribution in [-0.2, 0) is 6.54 Å². The first-order valence-corrected chi connectivity index (χ1v) is 6.73. The van der Waals surface area contributed by atoms with Crippen LogP contribution in [0.1, 0.15) is 36.5 Å². The van der Waals surface area contributed by atoms with E-state index in [0.29, 0.717) is 24.0 Å². The van der Waals surface area contributed by atoms with Crippen molar-refractivity contribution in [3.05, 3.63) is 11.8 Å². The van der Waals surface area contributed by atoms with Gasteiger partial charge in [0.15, 0.2) is 0 Å². The number of amides is 1. The number of aromatic nitrogens is 2. The average Bonchev–Trinajstić information content (AvgIpc) is 2.82. The van der Waals surface area contributed by atoms with Gasteiger partial charge in [0.2, 0.25) is 5.88 Å². The second kappa shape index (κ2) is 4.63. The lowest BCUT2D eigenvalue weighted by molar-refractivity contribution is 0.0676. The fourth-order valence-electron chi connectivity index (χ4n) is 2.76. The molecule has 18 heavy (non-hydrogen) atoms. The molecule has 0 saturated carbocycles. The second-order valence-electron chi connectivity index (χ2n) is 5.29. The number of aryl methyl sites for hydroxylation is 1. The third-order valence-electron chi connectivity index (χ3n) is 3.72. The number of piperidine rings is 1. The second-order valence-corrected chi connectivity index (χ2v) is 5.29. The number of likely N-dealkylation sites (tertiary alicyclic amines) is 1. The Balaban J connectivity index is 1.81. The maximum atomic E-state index is 12.5. The highest BCUT2D eigenvalue weighted by atomic mass is 16.5. The largest absolute Gasteiger partial charge is 0.477 e. The molecule has 1 unspecified atom stereocenters. The van der Waals surface area contributed by atoms with Crippen LogP contribution in [0.4, 0.5) is 0 Å². The number of hydrogen-bond donors (Lipinski definition) is 0. The van der Waals surface area contributed by atoms with Crippen molar-refractivity contribution in [3.63, 3.8) is 0 Å². The van der Waals surface area contributed by atoms with E-state index in [1.165, 1.54) is 6.42 Å². The number of rotatable bonds is 1. The highest BCUT2D eigenvalue weighted by Crippen LogP contribution is 2.25. The molecule has 1 aromatic heterocycles. The summed E-state index contributed by atoms with van der Waals surface area (Å²) in [5, 5.41) is 4.24. The van der Waals surface area contributed by atoms with E-state index < -0.39 is 0 Å². The van der Waals surface area contributed by atoms with Gasteiger partial charge in [-0.1, -0.05) is 6.92 Å². The summed E-state index contributed by atoms with van der Waals surface area (Å²) >= 11 is 0. The molecule has 1 saturated heterocycles. The van der Waals surface area contributed by atoms with Gasteiger partial charge in [-0.05, 0) is 18.8 Å². The topological polar surface area (TPSA) is 47.4 Å². The first-order valence-electron chi connectivity index (χ1n) is 6.73. The minimum Gasteiger partial charge on any atom is -0.477 e. The third-order valence-corrected chi connectivity index (χ3v) is 3.72. The van der Waals surface area contributed by atoms with Crippen LogP contribution in [0.3, 0.4) is 0 Å². The Hall–Kier alpha value is -1.52. The van der Waals surface area contributed by atoms with Crippen molar-refractivity contribution in [2.24, 2.45) is 5.92 Å². The Morgan fingerprint density at radius 3 is 3.17 bits per heavy atom. The van der Waals surface area contributed by atoms with Gasteiger partial charge in [-0.25, -0.2) is 4.68 Å². The summed E-state index contributed by atoms with van der Waals surface area (Å²) in [4.78, 5) is 14.4. The molecule has 1 aromatic rings. The standard InChI is InChI=1S/C13H19N3O2/c1-10-4-2-5-15(9-10)12(17)11-8-14-16-6-3-7-18-13(11)16/h8,10H,2-7,9H2,1H3. The summed E-state index contributed by atoms with van der Waals surface area (Å²) < 4.78 is 7.38. The number of carbonyl (C=O) groups is 1. The van der Waals surface area contributed by atoms with Crippen LogP contribution in [0.25, 0.3) is 0 Å². The minimum absolute atomic E-state index is 0.0738. The predicted molar refractivity (Wildman–Crippen MR) is 66.6 cm³/mol. The van der Waals surface area contributed by atoms with Crippen molar-refractivity contribution in [3.8, 4) is 5.88 Å². The highest BCUT2D eigenvalue weighted by Gasteiger charge is 2.27. The van der Waals surface area contributed by atoms with Crippen LogP contribution in [0, 0.1) is 5.92 Å². The summed E-state index contributed by atoms with van der Waals surface area (Å²) in [7, 11) is 0. The van der Waals surface area contributed by atoms with Crippen LogP contribution >= 0.6 is 0 Å². The van der Waals surface area contributed by atoms with Crippen molar-refractivity contribution >= 4 is 5.91 Å². The predicted octanol–water partition coefficient (Wildman–Crippen LogP) is 1.54. The summed E-state index contributed by atoms with van der Waals surface area (Å²) in [6, 6.07) is 0. The molecule has 3 rings (SSSR count). The third kappa shape index (κ3) is 1.98. The van der Waals surface area contributed by atoms with Crippen molar-refractivity contribution in [1.82, 2.24) is 14.7 Å². The van der Waals surface area contributed by atoms with Crippen LogP contribution in [0.5, 0.6) is 5.88 Å². The van der Waals surface area contributed by atoms with Crippen molar-refractivity contribution in [2.45, 2.75) is 32.7 Å². The van der Waals surface area contributed by atoms with Crippen molar-refractivity contribution in [2.75, 3.05) is 19.7 Å². The number of carbonyl (C=O) groups excluding carboxylic acids is 1. The maximum Gasteiger partial charge on any atom is 0.260 e. The molecule has 5 heteroatoms. The first-order chi connectivity index (χ1) is 8.75. The van der Waals surface area contributed by atoms with E-state index in [1.54, 1.807) is 10.9 Å². The highest BCUT2D eigenvalue weighted by molar-refractivity contribution is 5.96. The summed E-state index contributed by atoms with van der Waals surface area (Å²) in [5.41, 5.74) is 0.629. The lowest BCUT2D eigenvalue weighted by Gasteiger charge is -2.31. The average molecular weight is 249 g/mol. The molecule has 0 radical (unpaired) electrons. The van der Waals surface area contributed by atoms with E-state index in [2.05, 4.69) is 12.0 Å². The molecular weight excluding hydrogens is 230 g/mol. The van der Waals surface area contributed by atoms with Gasteiger partial charge in [0, 0.05) is 26.1 Å². The normalized spacial score (nSPS) is 23.4. The molecule has 3 heterocycles. The lowest BCUT2D eigenvalue weighted by atomic mass is 10.00. The molecular formula is C13H19N3O2. The van der Waals surface area contributed by atoms with Gasteiger partial charge in [0.05, 0.1) is 12.8 Å². The number of hydrogen-bond acceptors (Lipinski definition) is 3. The van der Waals surface area contributed by atoms with E-state index in [-0.39, 0.29) is 5.91 Å². The molecule has 98 valence electrons. The van der Waals surface area contributed by atoms with Crippen molar-refractivity contribution in [1.29, 1.82) is 0 Å². The molecule has 0 aromatic carbocycles. The van der Waals surface area contributed by atoms with Crippen LogP contribution in [-0.4, -0.2) is 40.3 Å². The first kappa shape index (κ1) is 11.6. The Morgan fingerprint density at radius 1 is 1.44 bits per heavy atom. The molecule has 2 aliphatic heterocycles. The molecule has 0 bridgehead atoms. The fourth-order valence-corrected chi connectivity index (χ4v) is 2.76. The van der Waals surface area contributed by atoms with Crippen LogP contribution < -0.4 is 4.74 Å². The van der Waals surface area contributed by atoms with E-state index >= 15 is 0 Å². The number of ether oxygens (including phenoxy) is 1. The summed E-state index contributed by atoms with van der Waals surface area (Å²) in [5.74, 6) is 1.32. The molecule has 1 atom stereocenters. The zero-order chi connectivity index (χ0) is 12.5. The molecule has 0 aliphatic carbocycles. The molecule has 5 nitrogen and oxygen atoms in total. The maximum absolute atomic E-state index is 12.5. The van der Waals surface area contributed by atoms with Gasteiger partial charge in [-0.3, -0.25) is 4.79 Å². The molecule has 2 aliphatic rings. The van der Waals surface area contributed by atoms with Crippen LogP contribution in [0.15, 0.2) is 6.20 Å². The molecule has 1 fully saturated rings. The SMILES string of the molecule is CC1CCCN(C(=O)c2cnn3c2OCCC3)C1. The monoisotopic (exact) mass is 249 g/mol. The Bertz CT molecular complexity index is 455. The summed E-state index contributed by atoms with van der Waals surface area (Å²) in [6.07, 6.45) is 4.93. The Morgan fingerprint density at radius 2 is 2.33 bits per heavy atom. The van der Waals surface area contributed by atoms with Crippen LogP contribution in [0.2, 0.25) is 0 Å². The smallest absolute Gasteiger partial charge is 0.260 e. The van der Waals surface area contributed by atoms with Crippen molar-refractivity contribution < 1.29 is 9.53 Å². The van der Waals surface area contributed by atoms with Gasteiger partial charge in [-0.15, -0.1) is 0 Å². The molecule has 0 N–H and O–H groups in total. The summed E-state index contributed by atoms with van der Waals surface area (Å²) in [6.45, 7) is 5.43. The van der Waals surface area contributed by atoms with Gasteiger partial charge in [-0.2, -0.15) is 5.10 Å². The Labute approximate surface area is 107 Å². The molecule has 0 spiro atoms. The van der Waals surface area contributed by atoms with Gasteiger partial charge >= 0.3 is 0 Å². The van der Waals surface area contributed by atoms with Gasteiger partial charge < -0.3 is 9.64 Å². The number of nitrogens with zero attached hydrogens (tertiary/aromatic N) is 3. The molecule has 1 amide bonds. The van der Waals surface area contributed by atoms with E-state index in [9.17, 15) is 4.79 Å². The Kier molecular flexibility index (Phi) is 2.97. The zero-order valence-electron chi connectivity index (χ0n) is 10.8. The van der Waals surface area contributed by atoms with Gasteiger partial charge in [0.1, 0.15) is 5.56 Å². The zero-order valence-corrected chi connectivity index (χ0v) is 10.8. The van der Waals surface area contributed by atoms with E-state index in [0.717, 1.165) is 32.5 Å². The quantitative estimate of drug-likeness (QED) is 0.758. The van der Waals surface area contributed by atoms with E-state index in [4.69, 9.17) is 4.74 Å². The fraction of sp³-hybridized carbons (Fsp3) is 0.692. The lowest BCUT2D eigenvalue weighted by Crippen LogP contribution is -2.39. The van der Waals surface area contributed by atoms with Gasteiger partial charge in [0.25, 0.3) is 5.91 Å².